The van der Waals surface area contributed by atoms with Crippen molar-refractivity contribution in [1.29, 1.82) is 0 Å². The highest BCUT2D eigenvalue weighted by atomic mass is 16.4. The van der Waals surface area contributed by atoms with Gasteiger partial charge < -0.3 is 15.3 Å². The summed E-state index contributed by atoms with van der Waals surface area (Å²) in [6.07, 6.45) is 6.39. The largest absolute Gasteiger partial charge is 0.480 e. The van der Waals surface area contributed by atoms with E-state index in [4.69, 9.17) is 0 Å². The van der Waals surface area contributed by atoms with Gasteiger partial charge in [-0.2, -0.15) is 0 Å². The van der Waals surface area contributed by atoms with Crippen molar-refractivity contribution in [3.63, 3.8) is 0 Å². The van der Waals surface area contributed by atoms with Gasteiger partial charge in [-0.05, 0) is 32.6 Å². The van der Waals surface area contributed by atoms with E-state index < -0.39 is 11.5 Å². The first kappa shape index (κ1) is 16.8. The molecule has 20 heavy (non-hydrogen) atoms. The average Bonchev–Trinajstić information content (AvgIpc) is 2.63. The molecule has 1 aliphatic rings. The Hall–Kier alpha value is -1.26. The molecule has 0 aromatic carbocycles. The molecule has 5 nitrogen and oxygen atoms in total. The highest BCUT2D eigenvalue weighted by molar-refractivity contribution is 5.86. The van der Waals surface area contributed by atoms with Crippen LogP contribution >= 0.6 is 0 Å². The van der Waals surface area contributed by atoms with Gasteiger partial charge in [-0.3, -0.25) is 0 Å². The van der Waals surface area contributed by atoms with Gasteiger partial charge in [-0.1, -0.05) is 33.1 Å². The van der Waals surface area contributed by atoms with E-state index in [1.54, 1.807) is 6.92 Å². The lowest BCUT2D eigenvalue weighted by Gasteiger charge is -2.34. The summed E-state index contributed by atoms with van der Waals surface area (Å²) >= 11 is 0. The summed E-state index contributed by atoms with van der Waals surface area (Å²) in [4.78, 5) is 25.7. The van der Waals surface area contributed by atoms with Crippen LogP contribution in [0.1, 0.15) is 65.7 Å². The van der Waals surface area contributed by atoms with E-state index in [0.29, 0.717) is 6.42 Å². The fraction of sp³-hybridized carbons (Fsp3) is 0.867. The third-order valence-corrected chi connectivity index (χ3v) is 4.21. The van der Waals surface area contributed by atoms with Crippen LogP contribution in [0.2, 0.25) is 0 Å². The van der Waals surface area contributed by atoms with Crippen molar-refractivity contribution in [1.82, 2.24) is 10.2 Å². The number of carboxylic acid groups (broad SMARTS) is 1. The van der Waals surface area contributed by atoms with Crippen molar-refractivity contribution < 1.29 is 14.7 Å². The fourth-order valence-corrected chi connectivity index (χ4v) is 2.90. The smallest absolute Gasteiger partial charge is 0.329 e. The van der Waals surface area contributed by atoms with Crippen molar-refractivity contribution in [3.05, 3.63) is 0 Å². The number of carboxylic acids is 1. The van der Waals surface area contributed by atoms with E-state index in [1.165, 1.54) is 0 Å². The highest BCUT2D eigenvalue weighted by Crippen LogP contribution is 2.21. The summed E-state index contributed by atoms with van der Waals surface area (Å²) in [7, 11) is 0. The zero-order valence-corrected chi connectivity index (χ0v) is 12.9. The minimum Gasteiger partial charge on any atom is -0.480 e. The van der Waals surface area contributed by atoms with Crippen molar-refractivity contribution in [2.75, 3.05) is 6.54 Å². The number of aliphatic carboxylic acids is 1. The van der Waals surface area contributed by atoms with Crippen molar-refractivity contribution >= 4 is 12.0 Å². The van der Waals surface area contributed by atoms with Crippen molar-refractivity contribution in [2.24, 2.45) is 0 Å². The maximum atomic E-state index is 12.5. The number of nitrogens with zero attached hydrogens (tertiary/aromatic N) is 1. The molecule has 2 atom stereocenters. The van der Waals surface area contributed by atoms with Crippen LogP contribution in [0.15, 0.2) is 0 Å². The van der Waals surface area contributed by atoms with Gasteiger partial charge in [0.1, 0.15) is 5.54 Å². The Labute approximate surface area is 121 Å². The number of carbonyl (C=O) groups excluding carboxylic acids is 1. The van der Waals surface area contributed by atoms with Crippen LogP contribution in [0, 0.1) is 0 Å². The van der Waals surface area contributed by atoms with E-state index >= 15 is 0 Å². The van der Waals surface area contributed by atoms with E-state index in [2.05, 4.69) is 12.2 Å². The molecule has 1 heterocycles. The number of amides is 2. The lowest BCUT2D eigenvalue weighted by Crippen LogP contribution is -2.57. The first-order valence-corrected chi connectivity index (χ1v) is 7.76. The number of nitrogens with one attached hydrogen (secondary N) is 1. The molecule has 1 rings (SSSR count). The van der Waals surface area contributed by atoms with Crippen molar-refractivity contribution in [3.8, 4) is 0 Å². The second-order valence-corrected chi connectivity index (χ2v) is 5.92. The molecule has 5 heteroatoms. The van der Waals surface area contributed by atoms with Gasteiger partial charge in [0.05, 0.1) is 0 Å². The highest BCUT2D eigenvalue weighted by Gasteiger charge is 2.36. The molecule has 1 fully saturated rings. The van der Waals surface area contributed by atoms with Gasteiger partial charge in [0.2, 0.25) is 0 Å². The second-order valence-electron chi connectivity index (χ2n) is 5.92. The van der Waals surface area contributed by atoms with E-state index in [1.807, 2.05) is 11.8 Å². The van der Waals surface area contributed by atoms with Gasteiger partial charge in [-0.15, -0.1) is 0 Å². The predicted molar refractivity (Wildman–Crippen MR) is 78.7 cm³/mol. The number of rotatable bonds is 5. The fourth-order valence-electron chi connectivity index (χ4n) is 2.90. The molecule has 0 aliphatic carbocycles. The molecule has 2 N–H and O–H groups in total. The first-order valence-electron chi connectivity index (χ1n) is 7.76. The van der Waals surface area contributed by atoms with Crippen LogP contribution < -0.4 is 5.32 Å². The zero-order valence-electron chi connectivity index (χ0n) is 12.9. The first-order chi connectivity index (χ1) is 9.44. The lowest BCUT2D eigenvalue weighted by molar-refractivity contribution is -0.144. The molecule has 1 aliphatic heterocycles. The summed E-state index contributed by atoms with van der Waals surface area (Å²) in [5.74, 6) is -0.962. The minimum atomic E-state index is -1.17. The van der Waals surface area contributed by atoms with Gasteiger partial charge in [0.25, 0.3) is 0 Å². The number of likely N-dealkylation sites (tertiary alicyclic amines) is 1. The van der Waals surface area contributed by atoms with Crippen LogP contribution in [0.4, 0.5) is 4.79 Å². The van der Waals surface area contributed by atoms with E-state index in [0.717, 1.165) is 45.1 Å². The van der Waals surface area contributed by atoms with E-state index in [9.17, 15) is 14.7 Å². The molecule has 0 saturated carbocycles. The molecule has 1 saturated heterocycles. The normalized spacial score (nSPS) is 22.8. The number of hydrogen-bond acceptors (Lipinski definition) is 2. The Bertz CT molecular complexity index is 346. The third kappa shape index (κ3) is 4.12. The number of urea groups is 1. The standard InChI is InChI=1S/C15H28N2O3/c1-4-10-15(3,13(18)19)16-14(20)17-11-8-6-7-9-12(17)5-2/h12H,4-11H2,1-3H3,(H,16,20)(H,18,19). The van der Waals surface area contributed by atoms with Crippen LogP contribution in [-0.2, 0) is 4.79 Å². The topological polar surface area (TPSA) is 69.6 Å². The maximum absolute atomic E-state index is 12.5. The van der Waals surface area contributed by atoms with Gasteiger partial charge in [-0.25, -0.2) is 9.59 Å². The molecule has 116 valence electrons. The third-order valence-electron chi connectivity index (χ3n) is 4.21. The average molecular weight is 284 g/mol. The Morgan fingerprint density at radius 2 is 2.00 bits per heavy atom. The maximum Gasteiger partial charge on any atom is 0.329 e. The molecular weight excluding hydrogens is 256 g/mol. The summed E-state index contributed by atoms with van der Waals surface area (Å²) in [6, 6.07) is 0.00858. The summed E-state index contributed by atoms with van der Waals surface area (Å²) < 4.78 is 0. The molecular formula is C15H28N2O3. The SMILES string of the molecule is CCCC(C)(NC(=O)N1CCCCCC1CC)C(=O)O. The number of carbonyl (C=O) groups is 2. The molecule has 0 spiro atoms. The number of hydrogen-bond donors (Lipinski definition) is 2. The Morgan fingerprint density at radius 1 is 1.30 bits per heavy atom. The molecule has 2 amide bonds. The Balaban J connectivity index is 2.78. The molecule has 0 aromatic heterocycles. The van der Waals surface area contributed by atoms with Crippen LogP contribution in [0.25, 0.3) is 0 Å². The zero-order chi connectivity index (χ0) is 15.2. The van der Waals surface area contributed by atoms with Crippen molar-refractivity contribution in [2.45, 2.75) is 77.3 Å². The molecule has 2 unspecified atom stereocenters. The second kappa shape index (κ2) is 7.50. The van der Waals surface area contributed by atoms with Crippen LogP contribution in [-0.4, -0.2) is 40.1 Å². The van der Waals surface area contributed by atoms with E-state index in [-0.39, 0.29) is 12.1 Å². The summed E-state index contributed by atoms with van der Waals surface area (Å²) in [5, 5.41) is 12.1. The minimum absolute atomic E-state index is 0.225. The Kier molecular flexibility index (Phi) is 6.30. The van der Waals surface area contributed by atoms with Gasteiger partial charge in [0, 0.05) is 12.6 Å². The quantitative estimate of drug-likeness (QED) is 0.815. The molecule has 0 bridgehead atoms. The summed E-state index contributed by atoms with van der Waals surface area (Å²) in [6.45, 7) is 6.33. The Morgan fingerprint density at radius 3 is 2.55 bits per heavy atom. The van der Waals surface area contributed by atoms with Gasteiger partial charge in [0.15, 0.2) is 0 Å². The molecule has 0 aromatic rings. The van der Waals surface area contributed by atoms with Crippen LogP contribution in [0.5, 0.6) is 0 Å². The molecule has 0 radical (unpaired) electrons. The lowest BCUT2D eigenvalue weighted by atomic mass is 9.96. The van der Waals surface area contributed by atoms with Gasteiger partial charge >= 0.3 is 12.0 Å². The predicted octanol–water partition coefficient (Wildman–Crippen LogP) is 2.99. The monoisotopic (exact) mass is 284 g/mol. The summed E-state index contributed by atoms with van der Waals surface area (Å²) in [5.41, 5.74) is -1.17. The van der Waals surface area contributed by atoms with Crippen LogP contribution in [0.3, 0.4) is 0 Å².